The molecule has 4 heteroatoms. The maximum atomic E-state index is 5.93. The monoisotopic (exact) mass is 378 g/mol. The summed E-state index contributed by atoms with van der Waals surface area (Å²) in [7, 11) is 1.67. The Bertz CT molecular complexity index is 879. The van der Waals surface area contributed by atoms with Gasteiger partial charge in [-0.15, -0.1) is 0 Å². The van der Waals surface area contributed by atoms with Gasteiger partial charge < -0.3 is 14.8 Å². The normalized spacial score (nSPS) is 10.8. The molecular formula is C24H30N2O2. The second kappa shape index (κ2) is 10.5. The van der Waals surface area contributed by atoms with E-state index in [2.05, 4.69) is 23.3 Å². The van der Waals surface area contributed by atoms with Crippen molar-refractivity contribution in [2.75, 3.05) is 19.0 Å². The van der Waals surface area contributed by atoms with Gasteiger partial charge in [0.1, 0.15) is 11.5 Å². The van der Waals surface area contributed by atoms with Gasteiger partial charge in [0.25, 0.3) is 0 Å². The second-order valence-electron chi connectivity index (χ2n) is 7.01. The summed E-state index contributed by atoms with van der Waals surface area (Å²) in [4.78, 5) is 4.51. The third-order valence-electron chi connectivity index (χ3n) is 4.83. The van der Waals surface area contributed by atoms with Crippen molar-refractivity contribution < 1.29 is 9.47 Å². The standard InChI is InChI=1S/C24H30N2O2/c1-3-4-5-6-7-8-16-28-21-12-13-22-23(14-15-25-24(22)18-21)26-19-10-9-11-20(17-19)27-2/h9-15,17-18H,3-8,16H2,1-2H3,(H,25,26). The lowest BCUT2D eigenvalue weighted by molar-refractivity contribution is 0.304. The van der Waals surface area contributed by atoms with E-state index < -0.39 is 0 Å². The van der Waals surface area contributed by atoms with Gasteiger partial charge in [-0.3, -0.25) is 4.98 Å². The zero-order valence-electron chi connectivity index (χ0n) is 16.9. The van der Waals surface area contributed by atoms with Crippen LogP contribution in [0.4, 0.5) is 11.4 Å². The Balaban J connectivity index is 1.62. The molecule has 0 amide bonds. The molecular weight excluding hydrogens is 348 g/mol. The number of rotatable bonds is 11. The number of ether oxygens (including phenoxy) is 2. The van der Waals surface area contributed by atoms with Crippen LogP contribution in [0.25, 0.3) is 10.9 Å². The summed E-state index contributed by atoms with van der Waals surface area (Å²) in [6, 6.07) is 16.0. The average molecular weight is 379 g/mol. The van der Waals surface area contributed by atoms with Crippen LogP contribution in [0.15, 0.2) is 54.7 Å². The van der Waals surface area contributed by atoms with E-state index in [0.29, 0.717) is 0 Å². The van der Waals surface area contributed by atoms with Gasteiger partial charge in [-0.05, 0) is 36.8 Å². The van der Waals surface area contributed by atoms with Gasteiger partial charge in [-0.2, -0.15) is 0 Å². The van der Waals surface area contributed by atoms with Crippen LogP contribution >= 0.6 is 0 Å². The summed E-state index contributed by atoms with van der Waals surface area (Å²) >= 11 is 0. The molecule has 0 aliphatic heterocycles. The van der Waals surface area contributed by atoms with Crippen LogP contribution in [0.2, 0.25) is 0 Å². The fourth-order valence-electron chi connectivity index (χ4n) is 3.26. The molecule has 0 radical (unpaired) electrons. The van der Waals surface area contributed by atoms with Crippen LogP contribution in [-0.2, 0) is 0 Å². The molecule has 4 nitrogen and oxygen atoms in total. The first-order valence-electron chi connectivity index (χ1n) is 10.2. The number of pyridine rings is 1. The van der Waals surface area contributed by atoms with Crippen molar-refractivity contribution in [2.45, 2.75) is 45.4 Å². The zero-order chi connectivity index (χ0) is 19.6. The largest absolute Gasteiger partial charge is 0.497 e. The first kappa shape index (κ1) is 20.0. The van der Waals surface area contributed by atoms with Gasteiger partial charge >= 0.3 is 0 Å². The van der Waals surface area contributed by atoms with Crippen molar-refractivity contribution in [3.8, 4) is 11.5 Å². The minimum Gasteiger partial charge on any atom is -0.497 e. The highest BCUT2D eigenvalue weighted by Gasteiger charge is 2.05. The molecule has 148 valence electrons. The molecule has 0 aliphatic rings. The molecule has 0 spiro atoms. The molecule has 3 aromatic rings. The highest BCUT2D eigenvalue weighted by Crippen LogP contribution is 2.29. The predicted molar refractivity (Wildman–Crippen MR) is 117 cm³/mol. The highest BCUT2D eigenvalue weighted by molar-refractivity contribution is 5.93. The van der Waals surface area contributed by atoms with E-state index in [4.69, 9.17) is 9.47 Å². The molecule has 1 N–H and O–H groups in total. The molecule has 0 saturated carbocycles. The number of hydrogen-bond acceptors (Lipinski definition) is 4. The molecule has 0 atom stereocenters. The fourth-order valence-corrected chi connectivity index (χ4v) is 3.26. The Morgan fingerprint density at radius 3 is 2.61 bits per heavy atom. The van der Waals surface area contributed by atoms with Crippen LogP contribution in [0, 0.1) is 0 Å². The third-order valence-corrected chi connectivity index (χ3v) is 4.83. The summed E-state index contributed by atoms with van der Waals surface area (Å²) in [6.45, 7) is 3.01. The number of aromatic nitrogens is 1. The van der Waals surface area contributed by atoms with E-state index in [1.807, 2.05) is 48.7 Å². The Morgan fingerprint density at radius 2 is 1.75 bits per heavy atom. The minimum absolute atomic E-state index is 0.763. The summed E-state index contributed by atoms with van der Waals surface area (Å²) in [5, 5.41) is 4.52. The van der Waals surface area contributed by atoms with Crippen LogP contribution in [0.1, 0.15) is 45.4 Å². The van der Waals surface area contributed by atoms with Crippen molar-refractivity contribution in [1.82, 2.24) is 4.98 Å². The van der Waals surface area contributed by atoms with Crippen molar-refractivity contribution in [1.29, 1.82) is 0 Å². The molecule has 0 fully saturated rings. The summed E-state index contributed by atoms with van der Waals surface area (Å²) < 4.78 is 11.2. The molecule has 1 aromatic heterocycles. The Labute approximate surface area is 167 Å². The maximum absolute atomic E-state index is 5.93. The van der Waals surface area contributed by atoms with Crippen molar-refractivity contribution in [3.63, 3.8) is 0 Å². The molecule has 0 unspecified atom stereocenters. The molecule has 1 heterocycles. The van der Waals surface area contributed by atoms with E-state index in [1.54, 1.807) is 7.11 Å². The van der Waals surface area contributed by atoms with E-state index in [1.165, 1.54) is 32.1 Å². The Morgan fingerprint density at radius 1 is 0.893 bits per heavy atom. The fraction of sp³-hybridized carbons (Fsp3) is 0.375. The topological polar surface area (TPSA) is 43.4 Å². The second-order valence-corrected chi connectivity index (χ2v) is 7.01. The van der Waals surface area contributed by atoms with Gasteiger partial charge in [-0.1, -0.05) is 45.1 Å². The number of hydrogen-bond donors (Lipinski definition) is 1. The van der Waals surface area contributed by atoms with Gasteiger partial charge in [0, 0.05) is 35.1 Å². The van der Waals surface area contributed by atoms with Crippen molar-refractivity contribution in [2.24, 2.45) is 0 Å². The number of unbranched alkanes of at least 4 members (excludes halogenated alkanes) is 5. The smallest absolute Gasteiger partial charge is 0.121 e. The van der Waals surface area contributed by atoms with Gasteiger partial charge in [0.05, 0.1) is 19.2 Å². The number of benzene rings is 2. The molecule has 3 rings (SSSR count). The van der Waals surface area contributed by atoms with E-state index >= 15 is 0 Å². The van der Waals surface area contributed by atoms with E-state index in [-0.39, 0.29) is 0 Å². The number of fused-ring (bicyclic) bond motifs is 1. The van der Waals surface area contributed by atoms with Crippen LogP contribution in [0.5, 0.6) is 11.5 Å². The SMILES string of the molecule is CCCCCCCCOc1ccc2c(Nc3cccc(OC)c3)ccnc2c1. The van der Waals surface area contributed by atoms with Gasteiger partial charge in [-0.25, -0.2) is 0 Å². The zero-order valence-corrected chi connectivity index (χ0v) is 16.9. The summed E-state index contributed by atoms with van der Waals surface area (Å²) in [6.07, 6.45) is 9.42. The Kier molecular flexibility index (Phi) is 7.53. The first-order chi connectivity index (χ1) is 13.8. The lowest BCUT2D eigenvalue weighted by Gasteiger charge is -2.12. The average Bonchev–Trinajstić information content (AvgIpc) is 2.73. The number of nitrogens with one attached hydrogen (secondary N) is 1. The summed E-state index contributed by atoms with van der Waals surface area (Å²) in [5.74, 6) is 1.71. The highest BCUT2D eigenvalue weighted by atomic mass is 16.5. The molecule has 2 aromatic carbocycles. The molecule has 0 saturated heterocycles. The lowest BCUT2D eigenvalue weighted by Crippen LogP contribution is -1.98. The Hall–Kier alpha value is -2.75. The number of methoxy groups -OCH3 is 1. The minimum atomic E-state index is 0.763. The van der Waals surface area contributed by atoms with Gasteiger partial charge in [0.15, 0.2) is 0 Å². The maximum Gasteiger partial charge on any atom is 0.121 e. The quantitative estimate of drug-likeness (QED) is 0.376. The van der Waals surface area contributed by atoms with E-state index in [0.717, 1.165) is 46.8 Å². The number of nitrogens with zero attached hydrogens (tertiary/aromatic N) is 1. The van der Waals surface area contributed by atoms with Crippen LogP contribution in [0.3, 0.4) is 0 Å². The summed E-state index contributed by atoms with van der Waals surface area (Å²) in [5.41, 5.74) is 2.92. The third kappa shape index (κ3) is 5.62. The first-order valence-corrected chi connectivity index (χ1v) is 10.2. The number of anilines is 2. The van der Waals surface area contributed by atoms with Crippen molar-refractivity contribution in [3.05, 3.63) is 54.7 Å². The van der Waals surface area contributed by atoms with E-state index in [9.17, 15) is 0 Å². The van der Waals surface area contributed by atoms with Crippen LogP contribution < -0.4 is 14.8 Å². The lowest BCUT2D eigenvalue weighted by atomic mass is 10.1. The van der Waals surface area contributed by atoms with Gasteiger partial charge in [0.2, 0.25) is 0 Å². The van der Waals surface area contributed by atoms with Crippen molar-refractivity contribution >= 4 is 22.3 Å². The molecule has 0 aliphatic carbocycles. The van der Waals surface area contributed by atoms with Crippen LogP contribution in [-0.4, -0.2) is 18.7 Å². The predicted octanol–water partition coefficient (Wildman–Crippen LogP) is 6.73. The molecule has 28 heavy (non-hydrogen) atoms. The molecule has 0 bridgehead atoms.